The van der Waals surface area contributed by atoms with Crippen LogP contribution in [0.3, 0.4) is 0 Å². The fraction of sp³-hybridized carbons (Fsp3) is 0.182. The average Bonchev–Trinajstić information content (AvgIpc) is 2.75. The summed E-state index contributed by atoms with van der Waals surface area (Å²) in [5.41, 5.74) is 0. The number of thiophene rings is 1. The lowest BCUT2D eigenvalue weighted by Gasteiger charge is -2.17. The van der Waals surface area contributed by atoms with Crippen molar-refractivity contribution in [2.75, 3.05) is 17.3 Å². The van der Waals surface area contributed by atoms with Crippen molar-refractivity contribution >= 4 is 38.9 Å². The number of rotatable bonds is 4. The van der Waals surface area contributed by atoms with Crippen molar-refractivity contribution in [2.24, 2.45) is 0 Å². The van der Waals surface area contributed by atoms with Gasteiger partial charge in [0.25, 0.3) is 0 Å². The van der Waals surface area contributed by atoms with Crippen molar-refractivity contribution in [1.29, 1.82) is 5.26 Å². The smallest absolute Gasteiger partial charge is 0.182 e. The topological polar surface area (TPSA) is 64.8 Å². The van der Waals surface area contributed by atoms with Crippen LogP contribution < -0.4 is 10.2 Å². The lowest BCUT2D eigenvalue weighted by molar-refractivity contribution is 0.905. The van der Waals surface area contributed by atoms with Crippen molar-refractivity contribution in [1.82, 2.24) is 9.97 Å². The van der Waals surface area contributed by atoms with Gasteiger partial charge in [0.2, 0.25) is 0 Å². The van der Waals surface area contributed by atoms with Crippen molar-refractivity contribution in [3.8, 4) is 6.19 Å². The third kappa shape index (κ3) is 3.18. The second-order valence-electron chi connectivity index (χ2n) is 3.59. The van der Waals surface area contributed by atoms with Crippen LogP contribution in [0.15, 0.2) is 28.3 Å². The Balaban J connectivity index is 2.11. The van der Waals surface area contributed by atoms with Crippen LogP contribution in [0, 0.1) is 11.5 Å². The van der Waals surface area contributed by atoms with Crippen LogP contribution in [0.25, 0.3) is 0 Å². The molecule has 2 aromatic rings. The number of aromatic nitrogens is 2. The summed E-state index contributed by atoms with van der Waals surface area (Å²) < 4.78 is 1.09. The van der Waals surface area contributed by atoms with E-state index in [1.165, 1.54) is 11.2 Å². The monoisotopic (exact) mass is 323 g/mol. The number of halogens is 1. The lowest BCUT2D eigenvalue weighted by atomic mass is 10.4. The second-order valence-corrected chi connectivity index (χ2v) is 5.50. The van der Waals surface area contributed by atoms with Crippen molar-refractivity contribution in [3.05, 3.63) is 33.2 Å². The third-order valence-corrected chi connectivity index (χ3v) is 3.92. The molecule has 0 saturated carbocycles. The van der Waals surface area contributed by atoms with E-state index in [0.29, 0.717) is 5.82 Å². The van der Waals surface area contributed by atoms with Gasteiger partial charge in [-0.3, -0.25) is 5.32 Å². The fourth-order valence-corrected chi connectivity index (χ4v) is 2.94. The molecule has 18 heavy (non-hydrogen) atoms. The van der Waals surface area contributed by atoms with Gasteiger partial charge in [-0.1, -0.05) is 0 Å². The summed E-state index contributed by atoms with van der Waals surface area (Å²) in [6, 6.07) is 3.82. The first-order valence-electron chi connectivity index (χ1n) is 5.10. The summed E-state index contributed by atoms with van der Waals surface area (Å²) >= 11 is 5.12. The van der Waals surface area contributed by atoms with Crippen LogP contribution in [0.4, 0.5) is 11.6 Å². The van der Waals surface area contributed by atoms with Crippen molar-refractivity contribution in [3.63, 3.8) is 0 Å². The van der Waals surface area contributed by atoms with Gasteiger partial charge in [-0.2, -0.15) is 5.26 Å². The predicted octanol–water partition coefficient (Wildman–Crippen LogP) is 2.83. The Kier molecular flexibility index (Phi) is 4.12. The highest BCUT2D eigenvalue weighted by Gasteiger charge is 2.06. The minimum atomic E-state index is 0.502. The minimum absolute atomic E-state index is 0.502. The Morgan fingerprint density at radius 2 is 2.33 bits per heavy atom. The van der Waals surface area contributed by atoms with Crippen molar-refractivity contribution < 1.29 is 0 Å². The largest absolute Gasteiger partial charge is 0.354 e. The molecule has 0 aliphatic rings. The number of nitriles is 1. The van der Waals surface area contributed by atoms with Gasteiger partial charge < -0.3 is 4.90 Å². The van der Waals surface area contributed by atoms with Crippen LogP contribution in [0.5, 0.6) is 0 Å². The summed E-state index contributed by atoms with van der Waals surface area (Å²) in [6.45, 7) is 0.763. The molecule has 0 amide bonds. The van der Waals surface area contributed by atoms with E-state index in [4.69, 9.17) is 5.26 Å². The van der Waals surface area contributed by atoms with E-state index in [1.54, 1.807) is 17.4 Å². The molecule has 0 aromatic carbocycles. The van der Waals surface area contributed by atoms with Gasteiger partial charge in [-0.25, -0.2) is 9.97 Å². The Hall–Kier alpha value is -1.65. The molecule has 0 aliphatic heterocycles. The summed E-state index contributed by atoms with van der Waals surface area (Å²) in [6.07, 6.45) is 3.28. The van der Waals surface area contributed by atoms with Gasteiger partial charge in [-0.05, 0) is 22.0 Å². The van der Waals surface area contributed by atoms with E-state index in [-0.39, 0.29) is 0 Å². The lowest BCUT2D eigenvalue weighted by Crippen LogP contribution is -2.17. The average molecular weight is 324 g/mol. The van der Waals surface area contributed by atoms with Crippen molar-refractivity contribution in [2.45, 2.75) is 6.54 Å². The molecule has 0 bridgehead atoms. The maximum Gasteiger partial charge on any atom is 0.182 e. The number of hydrogen-bond donors (Lipinski definition) is 1. The van der Waals surface area contributed by atoms with Crippen LogP contribution in [0.2, 0.25) is 0 Å². The first-order valence-corrected chi connectivity index (χ1v) is 6.77. The molecule has 0 aliphatic carbocycles. The molecule has 1 N–H and O–H groups in total. The zero-order valence-electron chi connectivity index (χ0n) is 9.59. The maximum atomic E-state index is 8.55. The van der Waals surface area contributed by atoms with Crippen LogP contribution in [-0.2, 0) is 6.54 Å². The summed E-state index contributed by atoms with van der Waals surface area (Å²) in [7, 11) is 1.95. The molecule has 92 valence electrons. The van der Waals surface area contributed by atoms with Gasteiger partial charge in [0.15, 0.2) is 6.19 Å². The highest BCUT2D eigenvalue weighted by molar-refractivity contribution is 9.10. The first kappa shape index (κ1) is 12.8. The molecule has 0 fully saturated rings. The molecule has 7 heteroatoms. The molecule has 0 atom stereocenters. The van der Waals surface area contributed by atoms with Crippen LogP contribution >= 0.6 is 27.3 Å². The molecule has 2 heterocycles. The Morgan fingerprint density at radius 3 is 3.00 bits per heavy atom. The van der Waals surface area contributed by atoms with Crippen LogP contribution in [-0.4, -0.2) is 17.0 Å². The quantitative estimate of drug-likeness (QED) is 0.692. The van der Waals surface area contributed by atoms with E-state index in [1.807, 2.05) is 23.5 Å². The fourth-order valence-electron chi connectivity index (χ4n) is 1.43. The summed E-state index contributed by atoms with van der Waals surface area (Å²) in [5.74, 6) is 1.27. The Labute approximate surface area is 117 Å². The van der Waals surface area contributed by atoms with Gasteiger partial charge >= 0.3 is 0 Å². The number of anilines is 2. The first-order chi connectivity index (χ1) is 8.69. The van der Waals surface area contributed by atoms with E-state index in [9.17, 15) is 0 Å². The van der Waals surface area contributed by atoms with Gasteiger partial charge in [0.05, 0.1) is 6.54 Å². The zero-order valence-corrected chi connectivity index (χ0v) is 12.0. The number of nitrogens with zero attached hydrogens (tertiary/aromatic N) is 4. The zero-order chi connectivity index (χ0) is 13.0. The second kappa shape index (κ2) is 5.80. The highest BCUT2D eigenvalue weighted by atomic mass is 79.9. The van der Waals surface area contributed by atoms with E-state index in [2.05, 4.69) is 37.3 Å². The molecule has 5 nitrogen and oxygen atoms in total. The molecule has 0 spiro atoms. The van der Waals surface area contributed by atoms with Gasteiger partial charge in [0, 0.05) is 27.8 Å². The van der Waals surface area contributed by atoms with E-state index < -0.39 is 0 Å². The normalized spacial score (nSPS) is 9.83. The SMILES string of the molecule is CN(Cc1cc(Br)cs1)c1cc(NC#N)ncn1. The number of nitrogens with one attached hydrogen (secondary N) is 1. The molecular weight excluding hydrogens is 314 g/mol. The predicted molar refractivity (Wildman–Crippen MR) is 75.4 cm³/mol. The molecule has 0 unspecified atom stereocenters. The molecule has 2 aromatic heterocycles. The summed E-state index contributed by atoms with van der Waals surface area (Å²) in [5, 5.41) is 13.1. The van der Waals surface area contributed by atoms with Gasteiger partial charge in [0.1, 0.15) is 18.0 Å². The number of hydrogen-bond acceptors (Lipinski definition) is 6. The van der Waals surface area contributed by atoms with E-state index in [0.717, 1.165) is 16.8 Å². The standard InChI is InChI=1S/C11H10BrN5S/c1-17(4-9-2-8(12)5-18-9)11-3-10(14-6-13)15-7-16-11/h2-3,5,7H,4H2,1H3,(H,14,15,16). The molecule has 0 radical (unpaired) electrons. The molecule has 2 rings (SSSR count). The van der Waals surface area contributed by atoms with Crippen LogP contribution in [0.1, 0.15) is 4.88 Å². The summed E-state index contributed by atoms with van der Waals surface area (Å²) in [4.78, 5) is 11.4. The molecular formula is C11H10BrN5S. The van der Waals surface area contributed by atoms with Gasteiger partial charge in [-0.15, -0.1) is 11.3 Å². The van der Waals surface area contributed by atoms with E-state index >= 15 is 0 Å². The maximum absolute atomic E-state index is 8.55. The third-order valence-electron chi connectivity index (χ3n) is 2.24. The molecule has 0 saturated heterocycles. The highest BCUT2D eigenvalue weighted by Crippen LogP contribution is 2.22. The Bertz CT molecular complexity index is 577. The minimum Gasteiger partial charge on any atom is -0.354 e. The Morgan fingerprint density at radius 1 is 1.50 bits per heavy atom.